The third kappa shape index (κ3) is 4.67. The number of benzene rings is 2. The molecule has 1 fully saturated rings. The van der Waals surface area contributed by atoms with Gasteiger partial charge >= 0.3 is 0 Å². The predicted octanol–water partition coefficient (Wildman–Crippen LogP) is 3.33. The van der Waals surface area contributed by atoms with Crippen LogP contribution in [0.1, 0.15) is 22.1 Å². The molecule has 150 valence electrons. The Labute approximate surface area is 175 Å². The van der Waals surface area contributed by atoms with Crippen molar-refractivity contribution in [3.8, 4) is 5.69 Å². The number of aromatic nitrogens is 2. The Bertz CT molecular complexity index is 954. The minimum atomic E-state index is -0.204. The van der Waals surface area contributed by atoms with Gasteiger partial charge in [-0.25, -0.2) is 4.68 Å². The largest absolute Gasteiger partial charge is 0.379 e. The summed E-state index contributed by atoms with van der Waals surface area (Å²) < 4.78 is 7.18. The van der Waals surface area contributed by atoms with E-state index in [2.05, 4.69) is 15.3 Å². The quantitative estimate of drug-likeness (QED) is 0.677. The highest BCUT2D eigenvalue weighted by atomic mass is 35.5. The molecule has 0 radical (unpaired) electrons. The maximum Gasteiger partial charge on any atom is 0.271 e. The highest BCUT2D eigenvalue weighted by Crippen LogP contribution is 2.27. The topological polar surface area (TPSA) is 59.4 Å². The molecule has 1 unspecified atom stereocenters. The summed E-state index contributed by atoms with van der Waals surface area (Å²) in [4.78, 5) is 15.0. The molecule has 0 spiro atoms. The maximum absolute atomic E-state index is 12.7. The molecule has 7 heteroatoms. The molecule has 0 saturated carbocycles. The van der Waals surface area contributed by atoms with Gasteiger partial charge in [0.05, 0.1) is 24.9 Å². The molecule has 0 aliphatic carbocycles. The fourth-order valence-electron chi connectivity index (χ4n) is 3.52. The van der Waals surface area contributed by atoms with Crippen LogP contribution in [0.5, 0.6) is 0 Å². The first kappa shape index (κ1) is 19.6. The number of carbonyl (C=O) groups is 1. The van der Waals surface area contributed by atoms with Crippen LogP contribution in [-0.2, 0) is 4.74 Å². The van der Waals surface area contributed by atoms with Crippen molar-refractivity contribution in [1.29, 1.82) is 0 Å². The number of rotatable bonds is 6. The highest BCUT2D eigenvalue weighted by molar-refractivity contribution is 6.31. The second kappa shape index (κ2) is 9.22. The lowest BCUT2D eigenvalue weighted by Crippen LogP contribution is -2.44. The van der Waals surface area contributed by atoms with E-state index in [-0.39, 0.29) is 11.9 Å². The second-order valence-electron chi connectivity index (χ2n) is 6.88. The third-order valence-electron chi connectivity index (χ3n) is 5.05. The van der Waals surface area contributed by atoms with E-state index >= 15 is 0 Å². The standard InChI is InChI=1S/C22H23ClN4O2/c23-19-9-5-4-8-18(19)21(26-12-14-29-15-13-26)16-24-22(28)20-10-11-27(25-20)17-6-2-1-3-7-17/h1-11,21H,12-16H2,(H,24,28). The van der Waals surface area contributed by atoms with Gasteiger partial charge in [-0.15, -0.1) is 0 Å². The third-order valence-corrected chi connectivity index (χ3v) is 5.39. The molecule has 1 N–H and O–H groups in total. The first-order valence-electron chi connectivity index (χ1n) is 9.68. The van der Waals surface area contributed by atoms with E-state index in [0.29, 0.717) is 30.5 Å². The summed E-state index contributed by atoms with van der Waals surface area (Å²) in [6.07, 6.45) is 1.79. The molecule has 2 aromatic carbocycles. The lowest BCUT2D eigenvalue weighted by atomic mass is 10.0. The van der Waals surface area contributed by atoms with Gasteiger partial charge in [0.15, 0.2) is 5.69 Å². The Hall–Kier alpha value is -2.67. The molecule has 3 aromatic rings. The van der Waals surface area contributed by atoms with Gasteiger partial charge in [0.25, 0.3) is 5.91 Å². The van der Waals surface area contributed by atoms with E-state index < -0.39 is 0 Å². The van der Waals surface area contributed by atoms with Crippen molar-refractivity contribution in [2.75, 3.05) is 32.8 Å². The number of para-hydroxylation sites is 1. The zero-order chi connectivity index (χ0) is 20.1. The van der Waals surface area contributed by atoms with E-state index in [0.717, 1.165) is 24.3 Å². The van der Waals surface area contributed by atoms with Gasteiger partial charge in [-0.2, -0.15) is 5.10 Å². The number of hydrogen-bond donors (Lipinski definition) is 1. The zero-order valence-corrected chi connectivity index (χ0v) is 16.8. The molecular weight excluding hydrogens is 388 g/mol. The first-order valence-corrected chi connectivity index (χ1v) is 10.1. The van der Waals surface area contributed by atoms with E-state index in [1.54, 1.807) is 16.9 Å². The lowest BCUT2D eigenvalue weighted by molar-refractivity contribution is 0.0162. The Balaban J connectivity index is 1.48. The lowest BCUT2D eigenvalue weighted by Gasteiger charge is -2.35. The summed E-state index contributed by atoms with van der Waals surface area (Å²) in [5.74, 6) is -0.204. The summed E-state index contributed by atoms with van der Waals surface area (Å²) in [5.41, 5.74) is 2.30. The van der Waals surface area contributed by atoms with E-state index in [1.807, 2.05) is 54.6 Å². The Kier molecular flexibility index (Phi) is 6.24. The SMILES string of the molecule is O=C(NCC(c1ccccc1Cl)N1CCOCC1)c1ccn(-c2ccccc2)n1. The molecule has 1 aliphatic rings. The summed E-state index contributed by atoms with van der Waals surface area (Å²) in [5, 5.41) is 8.14. The van der Waals surface area contributed by atoms with Gasteiger partial charge < -0.3 is 10.1 Å². The molecule has 0 bridgehead atoms. The molecule has 1 saturated heterocycles. The van der Waals surface area contributed by atoms with Crippen molar-refractivity contribution in [3.05, 3.63) is 83.1 Å². The second-order valence-corrected chi connectivity index (χ2v) is 7.28. The molecule has 1 aliphatic heterocycles. The van der Waals surface area contributed by atoms with Crippen molar-refractivity contribution < 1.29 is 9.53 Å². The van der Waals surface area contributed by atoms with Gasteiger partial charge in [0.1, 0.15) is 0 Å². The van der Waals surface area contributed by atoms with Gasteiger partial charge in [-0.05, 0) is 29.8 Å². The number of nitrogens with zero attached hydrogens (tertiary/aromatic N) is 3. The minimum Gasteiger partial charge on any atom is -0.379 e. The molecule has 6 nitrogen and oxygen atoms in total. The molecule has 1 amide bonds. The average Bonchev–Trinajstić information content (AvgIpc) is 3.27. The van der Waals surface area contributed by atoms with Crippen LogP contribution >= 0.6 is 11.6 Å². The molecule has 29 heavy (non-hydrogen) atoms. The molecule has 1 aromatic heterocycles. The van der Waals surface area contributed by atoms with Crippen LogP contribution in [0.4, 0.5) is 0 Å². The monoisotopic (exact) mass is 410 g/mol. The van der Waals surface area contributed by atoms with Gasteiger partial charge in [-0.3, -0.25) is 9.69 Å². The van der Waals surface area contributed by atoms with Crippen molar-refractivity contribution in [2.24, 2.45) is 0 Å². The van der Waals surface area contributed by atoms with Crippen molar-refractivity contribution in [1.82, 2.24) is 20.0 Å². The smallest absolute Gasteiger partial charge is 0.271 e. The minimum absolute atomic E-state index is 0.0206. The molecule has 1 atom stereocenters. The molecular formula is C22H23ClN4O2. The van der Waals surface area contributed by atoms with E-state index in [4.69, 9.17) is 16.3 Å². The van der Waals surface area contributed by atoms with Crippen LogP contribution in [0.2, 0.25) is 5.02 Å². The fraction of sp³-hybridized carbons (Fsp3) is 0.273. The van der Waals surface area contributed by atoms with Crippen molar-refractivity contribution in [2.45, 2.75) is 6.04 Å². The highest BCUT2D eigenvalue weighted by Gasteiger charge is 2.25. The number of hydrogen-bond acceptors (Lipinski definition) is 4. The number of halogens is 1. The van der Waals surface area contributed by atoms with Gasteiger partial charge in [0.2, 0.25) is 0 Å². The Morgan fingerprint density at radius 2 is 1.79 bits per heavy atom. The van der Waals surface area contributed by atoms with Crippen LogP contribution in [-0.4, -0.2) is 53.4 Å². The summed E-state index contributed by atoms with van der Waals surface area (Å²) >= 11 is 6.46. The summed E-state index contributed by atoms with van der Waals surface area (Å²) in [7, 11) is 0. The average molecular weight is 411 g/mol. The predicted molar refractivity (Wildman–Crippen MR) is 112 cm³/mol. The van der Waals surface area contributed by atoms with E-state index in [1.165, 1.54) is 0 Å². The van der Waals surface area contributed by atoms with Crippen LogP contribution in [0.3, 0.4) is 0 Å². The number of ether oxygens (including phenoxy) is 1. The van der Waals surface area contributed by atoms with E-state index in [9.17, 15) is 4.79 Å². The molecule has 2 heterocycles. The zero-order valence-electron chi connectivity index (χ0n) is 16.0. The fourth-order valence-corrected chi connectivity index (χ4v) is 3.78. The van der Waals surface area contributed by atoms with Crippen LogP contribution < -0.4 is 5.32 Å². The molecule has 4 rings (SSSR count). The number of carbonyl (C=O) groups excluding carboxylic acids is 1. The first-order chi connectivity index (χ1) is 14.2. The van der Waals surface area contributed by atoms with Crippen LogP contribution in [0, 0.1) is 0 Å². The van der Waals surface area contributed by atoms with Gasteiger partial charge in [0, 0.05) is 30.9 Å². The van der Waals surface area contributed by atoms with Crippen molar-refractivity contribution >= 4 is 17.5 Å². The number of amides is 1. The maximum atomic E-state index is 12.7. The summed E-state index contributed by atoms with van der Waals surface area (Å²) in [6.45, 7) is 3.40. The summed E-state index contributed by atoms with van der Waals surface area (Å²) in [6, 6.07) is 19.2. The number of nitrogens with one attached hydrogen (secondary N) is 1. The van der Waals surface area contributed by atoms with Crippen LogP contribution in [0.15, 0.2) is 66.9 Å². The van der Waals surface area contributed by atoms with Gasteiger partial charge in [-0.1, -0.05) is 48.0 Å². The van der Waals surface area contributed by atoms with Crippen molar-refractivity contribution in [3.63, 3.8) is 0 Å². The normalized spacial score (nSPS) is 15.8. The van der Waals surface area contributed by atoms with Crippen LogP contribution in [0.25, 0.3) is 5.69 Å². The number of morpholine rings is 1. The Morgan fingerprint density at radius 1 is 1.07 bits per heavy atom. The Morgan fingerprint density at radius 3 is 2.55 bits per heavy atom.